The molecule has 0 spiro atoms. The van der Waals surface area contributed by atoms with Crippen LogP contribution in [0.5, 0.6) is 0 Å². The summed E-state index contributed by atoms with van der Waals surface area (Å²) in [6, 6.07) is 7.72. The van der Waals surface area contributed by atoms with Gasteiger partial charge in [0.15, 0.2) is 0 Å². The van der Waals surface area contributed by atoms with E-state index in [1.165, 1.54) is 6.92 Å². The van der Waals surface area contributed by atoms with E-state index in [1.54, 1.807) is 11.8 Å². The van der Waals surface area contributed by atoms with Gasteiger partial charge in [-0.15, -0.1) is 24.2 Å². The van der Waals surface area contributed by atoms with Crippen LogP contribution in [0.2, 0.25) is 0 Å². The lowest BCUT2D eigenvalue weighted by molar-refractivity contribution is -0.134. The molecule has 0 radical (unpaired) electrons. The first kappa shape index (κ1) is 21.8. The van der Waals surface area contributed by atoms with Crippen molar-refractivity contribution in [3.8, 4) is 0 Å². The molecule has 1 aliphatic rings. The third-order valence-corrected chi connectivity index (χ3v) is 5.47. The molecule has 140 valence electrons. The molecule has 5 nitrogen and oxygen atoms in total. The molecular weight excluding hydrogens is 358 g/mol. The number of hydrogen-bond acceptors (Lipinski definition) is 4. The number of nitrogens with two attached hydrogens (primary N) is 1. The Bertz CT molecular complexity index is 582. The van der Waals surface area contributed by atoms with Crippen LogP contribution in [0, 0.1) is 5.92 Å². The lowest BCUT2D eigenvalue weighted by Gasteiger charge is -2.39. The average molecular weight is 386 g/mol. The Morgan fingerprint density at radius 3 is 2.56 bits per heavy atom. The number of thioether (sulfide) groups is 1. The van der Waals surface area contributed by atoms with E-state index in [2.05, 4.69) is 12.2 Å². The van der Waals surface area contributed by atoms with Crippen LogP contribution >= 0.6 is 24.2 Å². The highest BCUT2D eigenvalue weighted by Gasteiger charge is 2.31. The normalized spacial score (nSPS) is 21.2. The van der Waals surface area contributed by atoms with Gasteiger partial charge >= 0.3 is 0 Å². The van der Waals surface area contributed by atoms with Crippen LogP contribution in [-0.2, 0) is 9.59 Å². The summed E-state index contributed by atoms with van der Waals surface area (Å²) in [5, 5.41) is 2.59. The van der Waals surface area contributed by atoms with Gasteiger partial charge in [-0.2, -0.15) is 0 Å². The Hall–Kier alpha value is -1.24. The summed E-state index contributed by atoms with van der Waals surface area (Å²) >= 11 is 1.54. The van der Waals surface area contributed by atoms with E-state index in [1.807, 2.05) is 36.1 Å². The zero-order valence-corrected chi connectivity index (χ0v) is 16.7. The van der Waals surface area contributed by atoms with Crippen LogP contribution in [0.25, 0.3) is 0 Å². The van der Waals surface area contributed by atoms with E-state index in [0.29, 0.717) is 12.5 Å². The number of benzene rings is 1. The van der Waals surface area contributed by atoms with Crippen molar-refractivity contribution in [3.05, 3.63) is 24.3 Å². The first-order valence-corrected chi connectivity index (χ1v) is 9.33. The van der Waals surface area contributed by atoms with Gasteiger partial charge in [0.2, 0.25) is 11.8 Å². The Balaban J connectivity index is 0.00000312. The smallest absolute Gasteiger partial charge is 0.236 e. The number of carbonyl (C=O) groups excluding carboxylic acids is 2. The summed E-state index contributed by atoms with van der Waals surface area (Å²) in [5.41, 5.74) is 6.63. The maximum absolute atomic E-state index is 12.8. The highest BCUT2D eigenvalue weighted by Crippen LogP contribution is 2.29. The summed E-state index contributed by atoms with van der Waals surface area (Å²) in [6.07, 6.45) is 2.04. The van der Waals surface area contributed by atoms with E-state index in [-0.39, 0.29) is 35.5 Å². The Kier molecular flexibility index (Phi) is 8.76. The third kappa shape index (κ3) is 6.20. The predicted octanol–water partition coefficient (Wildman–Crippen LogP) is 3.13. The molecule has 0 saturated carbocycles. The number of hydrogen-bond donors (Lipinski definition) is 2. The van der Waals surface area contributed by atoms with E-state index in [9.17, 15) is 9.59 Å². The molecule has 2 rings (SSSR count). The minimum atomic E-state index is -0.154. The number of amides is 2. The lowest BCUT2D eigenvalue weighted by Crippen LogP contribution is -2.51. The number of rotatable bonds is 5. The molecule has 7 heteroatoms. The Labute approximate surface area is 160 Å². The summed E-state index contributed by atoms with van der Waals surface area (Å²) in [5.74, 6) is 0.700. The largest absolute Gasteiger partial charge is 0.337 e. The van der Waals surface area contributed by atoms with Crippen molar-refractivity contribution < 1.29 is 9.59 Å². The number of nitrogens with zero attached hydrogens (tertiary/aromatic N) is 1. The minimum absolute atomic E-state index is 0. The molecular formula is C18H28ClN3O2S. The van der Waals surface area contributed by atoms with Crippen molar-refractivity contribution >= 4 is 41.7 Å². The van der Waals surface area contributed by atoms with Gasteiger partial charge in [0.1, 0.15) is 0 Å². The van der Waals surface area contributed by atoms with Crippen LogP contribution in [0.4, 0.5) is 5.69 Å². The van der Waals surface area contributed by atoms with Crippen LogP contribution in [-0.4, -0.2) is 41.1 Å². The number of nitrogens with one attached hydrogen (secondary N) is 1. The van der Waals surface area contributed by atoms with Crippen LogP contribution in [0.15, 0.2) is 29.2 Å². The number of likely N-dealkylation sites (tertiary alicyclic amines) is 1. The molecule has 3 atom stereocenters. The molecule has 2 amide bonds. The van der Waals surface area contributed by atoms with Gasteiger partial charge < -0.3 is 16.0 Å². The summed E-state index contributed by atoms with van der Waals surface area (Å²) in [6.45, 7) is 6.98. The monoisotopic (exact) mass is 385 g/mol. The van der Waals surface area contributed by atoms with Gasteiger partial charge in [-0.05, 0) is 49.9 Å². The van der Waals surface area contributed by atoms with Gasteiger partial charge in [0, 0.05) is 36.6 Å². The number of carbonyl (C=O) groups is 2. The van der Waals surface area contributed by atoms with Gasteiger partial charge in [-0.3, -0.25) is 9.59 Å². The molecule has 1 fully saturated rings. The second kappa shape index (κ2) is 10.0. The minimum Gasteiger partial charge on any atom is -0.337 e. The summed E-state index contributed by atoms with van der Waals surface area (Å²) in [7, 11) is 0. The average Bonchev–Trinajstić information content (AvgIpc) is 2.55. The second-order valence-corrected chi connectivity index (χ2v) is 7.93. The first-order valence-electron chi connectivity index (χ1n) is 8.45. The van der Waals surface area contributed by atoms with Crippen molar-refractivity contribution in [1.29, 1.82) is 0 Å². The standard InChI is InChI=1S/C18H27N3O2S.ClH/c1-12-8-9-21(16(10-12)11-19)18(23)13(2)24-17-6-4-15(5-7-17)20-14(3)22;/h4-7,12-13,16H,8-11,19H2,1-3H3,(H,20,22);1H. The molecule has 1 heterocycles. The fraction of sp³-hybridized carbons (Fsp3) is 0.556. The van der Waals surface area contributed by atoms with E-state index in [4.69, 9.17) is 5.73 Å². The van der Waals surface area contributed by atoms with E-state index >= 15 is 0 Å². The van der Waals surface area contributed by atoms with Crippen LogP contribution < -0.4 is 11.1 Å². The molecule has 0 bridgehead atoms. The molecule has 1 aromatic rings. The molecule has 0 aromatic heterocycles. The summed E-state index contributed by atoms with van der Waals surface area (Å²) in [4.78, 5) is 26.8. The molecule has 25 heavy (non-hydrogen) atoms. The third-order valence-electron chi connectivity index (χ3n) is 4.37. The molecule has 0 aliphatic carbocycles. The van der Waals surface area contributed by atoms with Gasteiger partial charge in [-0.1, -0.05) is 6.92 Å². The quantitative estimate of drug-likeness (QED) is 0.763. The van der Waals surface area contributed by atoms with Gasteiger partial charge in [0.05, 0.1) is 5.25 Å². The first-order chi connectivity index (χ1) is 11.4. The number of anilines is 1. The maximum atomic E-state index is 12.8. The molecule has 3 N–H and O–H groups in total. The van der Waals surface area contributed by atoms with E-state index < -0.39 is 0 Å². The van der Waals surface area contributed by atoms with Crippen molar-refractivity contribution in [1.82, 2.24) is 4.90 Å². The summed E-state index contributed by atoms with van der Waals surface area (Å²) < 4.78 is 0. The lowest BCUT2D eigenvalue weighted by atomic mass is 9.92. The van der Waals surface area contributed by atoms with Crippen LogP contribution in [0.1, 0.15) is 33.6 Å². The van der Waals surface area contributed by atoms with Crippen LogP contribution in [0.3, 0.4) is 0 Å². The number of piperidine rings is 1. The molecule has 3 unspecified atom stereocenters. The zero-order valence-electron chi connectivity index (χ0n) is 15.0. The van der Waals surface area contributed by atoms with Gasteiger partial charge in [-0.25, -0.2) is 0 Å². The van der Waals surface area contributed by atoms with Crippen molar-refractivity contribution in [3.63, 3.8) is 0 Å². The SMILES string of the molecule is CC(=O)Nc1ccc(SC(C)C(=O)N2CCC(C)CC2CN)cc1.Cl. The number of halogens is 1. The van der Waals surface area contributed by atoms with Crippen molar-refractivity contribution in [2.45, 2.75) is 49.8 Å². The van der Waals surface area contributed by atoms with Gasteiger partial charge in [0.25, 0.3) is 0 Å². The Morgan fingerprint density at radius 2 is 2.00 bits per heavy atom. The predicted molar refractivity (Wildman–Crippen MR) is 106 cm³/mol. The highest BCUT2D eigenvalue weighted by molar-refractivity contribution is 8.00. The fourth-order valence-electron chi connectivity index (χ4n) is 3.07. The van der Waals surface area contributed by atoms with E-state index in [0.717, 1.165) is 30.0 Å². The molecule has 1 saturated heterocycles. The zero-order chi connectivity index (χ0) is 17.7. The van der Waals surface area contributed by atoms with Crippen molar-refractivity contribution in [2.75, 3.05) is 18.4 Å². The highest BCUT2D eigenvalue weighted by atomic mass is 35.5. The topological polar surface area (TPSA) is 75.4 Å². The Morgan fingerprint density at radius 1 is 1.36 bits per heavy atom. The second-order valence-electron chi connectivity index (χ2n) is 6.52. The fourth-order valence-corrected chi connectivity index (χ4v) is 4.01. The molecule has 1 aliphatic heterocycles. The maximum Gasteiger partial charge on any atom is 0.236 e. The van der Waals surface area contributed by atoms with Crippen molar-refractivity contribution in [2.24, 2.45) is 11.7 Å². The molecule has 1 aromatic carbocycles.